The fourth-order valence-electron chi connectivity index (χ4n) is 4.51. The number of aromatic carboxylic acids is 1. The van der Waals surface area contributed by atoms with Crippen molar-refractivity contribution in [3.8, 4) is 0 Å². The van der Waals surface area contributed by atoms with Gasteiger partial charge in [-0.05, 0) is 49.7 Å². The standard InChI is InChI=1S/C22H21ClN4O3.ClH/c23-17-8-15-19(9-20(17)26-10-13-2-1-5-25-18(13)12-26)27(14-3-6-24-7-4-14)11-16(21(15)28)22(29)30;/h1-2,5,8-9,11,14,24H,3-4,6-7,10,12H2,(H,29,30);1H. The van der Waals surface area contributed by atoms with Crippen LogP contribution in [0, 0.1) is 0 Å². The van der Waals surface area contributed by atoms with E-state index >= 15 is 0 Å². The maximum Gasteiger partial charge on any atom is 0.341 e. The van der Waals surface area contributed by atoms with Crippen molar-refractivity contribution in [1.29, 1.82) is 0 Å². The predicted molar refractivity (Wildman–Crippen MR) is 123 cm³/mol. The molecule has 162 valence electrons. The molecule has 0 spiro atoms. The number of benzene rings is 1. The van der Waals surface area contributed by atoms with Crippen molar-refractivity contribution in [2.45, 2.75) is 32.0 Å². The van der Waals surface area contributed by atoms with E-state index in [0.717, 1.165) is 48.4 Å². The second kappa shape index (κ2) is 8.49. The van der Waals surface area contributed by atoms with Crippen molar-refractivity contribution in [2.24, 2.45) is 0 Å². The molecule has 0 saturated carbocycles. The summed E-state index contributed by atoms with van der Waals surface area (Å²) in [5.74, 6) is -1.22. The van der Waals surface area contributed by atoms with E-state index in [1.54, 1.807) is 12.3 Å². The zero-order chi connectivity index (χ0) is 20.8. The van der Waals surface area contributed by atoms with Crippen LogP contribution in [0.1, 0.15) is 40.5 Å². The lowest BCUT2D eigenvalue weighted by molar-refractivity contribution is 0.0694. The zero-order valence-corrected chi connectivity index (χ0v) is 18.2. The first kappa shape index (κ1) is 21.6. The molecule has 0 amide bonds. The van der Waals surface area contributed by atoms with Crippen LogP contribution in [0.4, 0.5) is 5.69 Å². The Morgan fingerprint density at radius 3 is 2.71 bits per heavy atom. The van der Waals surface area contributed by atoms with Crippen LogP contribution in [0.25, 0.3) is 10.9 Å². The molecule has 5 rings (SSSR count). The van der Waals surface area contributed by atoms with E-state index in [9.17, 15) is 14.7 Å². The highest BCUT2D eigenvalue weighted by atomic mass is 35.5. The first-order valence-electron chi connectivity index (χ1n) is 10.0. The first-order chi connectivity index (χ1) is 14.5. The number of carboxylic acids is 1. The molecular weight excluding hydrogens is 439 g/mol. The molecule has 0 aliphatic carbocycles. The molecule has 2 N–H and O–H groups in total. The van der Waals surface area contributed by atoms with Crippen LogP contribution in [0.15, 0.2) is 41.5 Å². The lowest BCUT2D eigenvalue weighted by atomic mass is 10.0. The van der Waals surface area contributed by atoms with Crippen LogP contribution in [-0.2, 0) is 13.1 Å². The van der Waals surface area contributed by atoms with Gasteiger partial charge >= 0.3 is 5.97 Å². The molecule has 7 nitrogen and oxygen atoms in total. The maximum absolute atomic E-state index is 12.9. The summed E-state index contributed by atoms with van der Waals surface area (Å²) in [5.41, 5.74) is 3.01. The molecule has 3 aromatic rings. The van der Waals surface area contributed by atoms with Crippen molar-refractivity contribution < 1.29 is 9.90 Å². The Labute approximate surface area is 190 Å². The van der Waals surface area contributed by atoms with E-state index in [2.05, 4.69) is 21.3 Å². The highest BCUT2D eigenvalue weighted by molar-refractivity contribution is 6.34. The molecule has 1 aromatic carbocycles. The van der Waals surface area contributed by atoms with Gasteiger partial charge in [-0.1, -0.05) is 17.7 Å². The lowest BCUT2D eigenvalue weighted by Crippen LogP contribution is -2.31. The number of fused-ring (bicyclic) bond motifs is 2. The maximum atomic E-state index is 12.9. The Kier molecular flexibility index (Phi) is 5.92. The number of nitrogens with one attached hydrogen (secondary N) is 1. The molecule has 4 heterocycles. The Hall–Kier alpha value is -2.61. The SMILES string of the molecule is Cl.O=C(O)c1cn(C2CCNCC2)c2cc(N3Cc4cccnc4C3)c(Cl)cc2c1=O. The number of carbonyl (C=O) groups is 1. The number of nitrogens with zero attached hydrogens (tertiary/aromatic N) is 3. The van der Waals surface area contributed by atoms with Gasteiger partial charge in [-0.15, -0.1) is 12.4 Å². The van der Waals surface area contributed by atoms with Gasteiger partial charge in [0.25, 0.3) is 0 Å². The molecule has 0 radical (unpaired) electrons. The minimum atomic E-state index is -1.22. The van der Waals surface area contributed by atoms with Gasteiger partial charge in [0.1, 0.15) is 5.56 Å². The summed E-state index contributed by atoms with van der Waals surface area (Å²) in [6.45, 7) is 3.05. The smallest absolute Gasteiger partial charge is 0.341 e. The van der Waals surface area contributed by atoms with Crippen molar-refractivity contribution in [3.63, 3.8) is 0 Å². The normalized spacial score (nSPS) is 16.2. The van der Waals surface area contributed by atoms with Gasteiger partial charge in [0.05, 0.1) is 28.5 Å². The number of pyridine rings is 2. The van der Waals surface area contributed by atoms with Crippen LogP contribution < -0.4 is 15.6 Å². The summed E-state index contributed by atoms with van der Waals surface area (Å²) >= 11 is 6.60. The van der Waals surface area contributed by atoms with Crippen LogP contribution in [0.3, 0.4) is 0 Å². The van der Waals surface area contributed by atoms with Crippen LogP contribution >= 0.6 is 24.0 Å². The van der Waals surface area contributed by atoms with Gasteiger partial charge in [-0.25, -0.2) is 4.79 Å². The van der Waals surface area contributed by atoms with Gasteiger partial charge in [0.2, 0.25) is 5.43 Å². The van der Waals surface area contributed by atoms with Crippen molar-refractivity contribution in [2.75, 3.05) is 18.0 Å². The van der Waals surface area contributed by atoms with Crippen LogP contribution in [0.2, 0.25) is 5.02 Å². The molecule has 2 aliphatic heterocycles. The van der Waals surface area contributed by atoms with Crippen molar-refractivity contribution >= 4 is 46.6 Å². The van der Waals surface area contributed by atoms with Crippen molar-refractivity contribution in [3.05, 3.63) is 68.7 Å². The molecule has 0 bridgehead atoms. The number of halogens is 2. The highest BCUT2D eigenvalue weighted by Crippen LogP contribution is 2.36. The van der Waals surface area contributed by atoms with E-state index in [0.29, 0.717) is 23.5 Å². The van der Waals surface area contributed by atoms with E-state index in [-0.39, 0.29) is 24.0 Å². The average molecular weight is 461 g/mol. The summed E-state index contributed by atoms with van der Waals surface area (Å²) in [7, 11) is 0. The fourth-order valence-corrected chi connectivity index (χ4v) is 4.79. The summed E-state index contributed by atoms with van der Waals surface area (Å²) in [4.78, 5) is 31.2. The Morgan fingerprint density at radius 1 is 1.23 bits per heavy atom. The average Bonchev–Trinajstić information content (AvgIpc) is 3.18. The number of carboxylic acid groups (broad SMARTS) is 1. The summed E-state index contributed by atoms with van der Waals surface area (Å²) in [5, 5.41) is 13.7. The molecule has 9 heteroatoms. The quantitative estimate of drug-likeness (QED) is 0.620. The van der Waals surface area contributed by atoms with E-state index in [1.807, 2.05) is 16.7 Å². The Morgan fingerprint density at radius 2 is 2.00 bits per heavy atom. The monoisotopic (exact) mass is 460 g/mol. The van der Waals surface area contributed by atoms with Crippen LogP contribution in [-0.4, -0.2) is 33.7 Å². The third-order valence-electron chi connectivity index (χ3n) is 6.06. The number of hydrogen-bond donors (Lipinski definition) is 2. The van der Waals surface area contributed by atoms with Crippen molar-refractivity contribution in [1.82, 2.24) is 14.9 Å². The molecule has 1 fully saturated rings. The molecule has 1 saturated heterocycles. The molecule has 31 heavy (non-hydrogen) atoms. The Balaban J connectivity index is 0.00000231. The molecule has 0 atom stereocenters. The summed E-state index contributed by atoms with van der Waals surface area (Å²) in [6, 6.07) is 7.65. The minimum absolute atomic E-state index is 0. The van der Waals surface area contributed by atoms with Gasteiger partial charge in [0.15, 0.2) is 0 Å². The number of hydrogen-bond acceptors (Lipinski definition) is 5. The Bertz CT molecular complexity index is 1200. The van der Waals surface area contributed by atoms with Gasteiger partial charge in [0, 0.05) is 30.4 Å². The van der Waals surface area contributed by atoms with Gasteiger partial charge < -0.3 is 19.9 Å². The number of anilines is 1. The largest absolute Gasteiger partial charge is 0.477 e. The van der Waals surface area contributed by atoms with E-state index in [4.69, 9.17) is 11.6 Å². The summed E-state index contributed by atoms with van der Waals surface area (Å²) < 4.78 is 1.96. The number of piperidine rings is 1. The second-order valence-corrected chi connectivity index (χ2v) is 8.26. The predicted octanol–water partition coefficient (Wildman–Crippen LogP) is 3.61. The lowest BCUT2D eigenvalue weighted by Gasteiger charge is -2.28. The molecule has 2 aliphatic rings. The molecular formula is C22H22Cl2N4O3. The fraction of sp³-hybridized carbons (Fsp3) is 0.318. The number of aromatic nitrogens is 2. The third-order valence-corrected chi connectivity index (χ3v) is 6.36. The van der Waals surface area contributed by atoms with Gasteiger partial charge in [-0.3, -0.25) is 9.78 Å². The van der Waals surface area contributed by atoms with Gasteiger partial charge in [-0.2, -0.15) is 0 Å². The third kappa shape index (κ3) is 3.78. The van der Waals surface area contributed by atoms with E-state index in [1.165, 1.54) is 6.20 Å². The first-order valence-corrected chi connectivity index (χ1v) is 10.4. The highest BCUT2D eigenvalue weighted by Gasteiger charge is 2.25. The van der Waals surface area contributed by atoms with Crippen LogP contribution in [0.5, 0.6) is 0 Å². The zero-order valence-electron chi connectivity index (χ0n) is 16.7. The summed E-state index contributed by atoms with van der Waals surface area (Å²) in [6.07, 6.45) is 5.02. The topological polar surface area (TPSA) is 87.5 Å². The molecule has 0 unspecified atom stereocenters. The number of rotatable bonds is 3. The second-order valence-electron chi connectivity index (χ2n) is 7.85. The minimum Gasteiger partial charge on any atom is -0.477 e. The van der Waals surface area contributed by atoms with E-state index < -0.39 is 11.4 Å². The molecule has 2 aromatic heterocycles.